The molecule has 0 aliphatic carbocycles. The van der Waals surface area contributed by atoms with Crippen LogP contribution in [0.15, 0.2) is 29.3 Å². The summed E-state index contributed by atoms with van der Waals surface area (Å²) in [5, 5.41) is 20.3. The van der Waals surface area contributed by atoms with Gasteiger partial charge >= 0.3 is 0 Å². The second kappa shape index (κ2) is 16.5. The number of hydrogen-bond donors (Lipinski definition) is 3. The predicted molar refractivity (Wildman–Crippen MR) is 118 cm³/mol. The molecule has 0 spiro atoms. The van der Waals surface area contributed by atoms with Gasteiger partial charge in [0.05, 0.1) is 18.1 Å². The fourth-order valence-corrected chi connectivity index (χ4v) is 2.03. The van der Waals surface area contributed by atoms with Crippen LogP contribution in [0.1, 0.15) is 13.3 Å². The van der Waals surface area contributed by atoms with Crippen molar-refractivity contribution in [2.24, 2.45) is 4.99 Å². The molecule has 0 atom stereocenters. The smallest absolute Gasteiger partial charge is 0.269 e. The molecule has 1 aromatic carbocycles. The number of nitro groups is 1. The maximum absolute atomic E-state index is 10.6. The topological polar surface area (TPSA) is 110 Å². The normalized spacial score (nSPS) is 10.8. The van der Waals surface area contributed by atoms with Gasteiger partial charge in [0.15, 0.2) is 5.96 Å². The van der Waals surface area contributed by atoms with Gasteiger partial charge in [0.1, 0.15) is 0 Å². The van der Waals surface area contributed by atoms with Crippen LogP contribution in [0.2, 0.25) is 0 Å². The van der Waals surface area contributed by atoms with Gasteiger partial charge in [-0.1, -0.05) is 0 Å². The second-order valence-electron chi connectivity index (χ2n) is 5.38. The standard InChI is InChI=1S/C17H29N5O4.HI/c1-3-18-17(20-9-4-12-26-14-13-25-2)21-11-10-19-15-5-7-16(8-6-15)22(23)24;/h5-8,19H,3-4,9-14H2,1-2H3,(H2,18,20,21);1H. The summed E-state index contributed by atoms with van der Waals surface area (Å²) in [6.45, 7) is 6.69. The Morgan fingerprint density at radius 3 is 2.52 bits per heavy atom. The van der Waals surface area contributed by atoms with Gasteiger partial charge in [-0.05, 0) is 25.5 Å². The molecule has 0 aliphatic rings. The van der Waals surface area contributed by atoms with E-state index in [-0.39, 0.29) is 29.7 Å². The Hall–Kier alpha value is -1.66. The third kappa shape index (κ3) is 12.4. The zero-order chi connectivity index (χ0) is 19.0. The number of rotatable bonds is 13. The molecule has 0 radical (unpaired) electrons. The summed E-state index contributed by atoms with van der Waals surface area (Å²) in [6.07, 6.45) is 0.849. The molecule has 3 N–H and O–H groups in total. The Bertz CT molecular complexity index is 543. The van der Waals surface area contributed by atoms with E-state index in [0.717, 1.165) is 24.6 Å². The Kier molecular flexibility index (Phi) is 15.5. The first kappa shape index (κ1) is 25.3. The number of anilines is 1. The molecule has 0 saturated heterocycles. The maximum atomic E-state index is 10.6. The van der Waals surface area contributed by atoms with Crippen LogP contribution in [0.4, 0.5) is 11.4 Å². The number of halogens is 1. The van der Waals surface area contributed by atoms with Gasteiger partial charge in [-0.15, -0.1) is 24.0 Å². The highest BCUT2D eigenvalue weighted by atomic mass is 127. The Balaban J connectivity index is 0.00000676. The third-order valence-electron chi connectivity index (χ3n) is 3.32. The highest BCUT2D eigenvalue weighted by molar-refractivity contribution is 14.0. The molecule has 0 saturated carbocycles. The van der Waals surface area contributed by atoms with Gasteiger partial charge < -0.3 is 25.4 Å². The number of non-ortho nitro benzene ring substituents is 1. The van der Waals surface area contributed by atoms with Gasteiger partial charge in [-0.3, -0.25) is 15.1 Å². The number of nitrogens with zero attached hydrogens (tertiary/aromatic N) is 2. The highest BCUT2D eigenvalue weighted by Gasteiger charge is 2.03. The number of nitrogens with one attached hydrogen (secondary N) is 3. The van der Waals surface area contributed by atoms with E-state index in [2.05, 4.69) is 20.9 Å². The van der Waals surface area contributed by atoms with Crippen LogP contribution in [-0.2, 0) is 9.47 Å². The molecule has 0 bridgehead atoms. The number of nitro benzene ring substituents is 1. The first-order valence-corrected chi connectivity index (χ1v) is 8.74. The van der Waals surface area contributed by atoms with Crippen LogP contribution < -0.4 is 16.0 Å². The van der Waals surface area contributed by atoms with Crippen molar-refractivity contribution in [2.45, 2.75) is 13.3 Å². The molecule has 0 heterocycles. The molecule has 10 heteroatoms. The fraction of sp³-hybridized carbons (Fsp3) is 0.588. The van der Waals surface area contributed by atoms with Crippen molar-refractivity contribution in [3.8, 4) is 0 Å². The largest absolute Gasteiger partial charge is 0.383 e. The molecule has 0 unspecified atom stereocenters. The summed E-state index contributed by atoms with van der Waals surface area (Å²) in [5.41, 5.74) is 0.925. The lowest BCUT2D eigenvalue weighted by Crippen LogP contribution is -2.39. The Labute approximate surface area is 177 Å². The zero-order valence-corrected chi connectivity index (χ0v) is 18.2. The summed E-state index contributed by atoms with van der Waals surface area (Å²) < 4.78 is 10.3. The highest BCUT2D eigenvalue weighted by Crippen LogP contribution is 2.14. The molecular weight excluding hydrogens is 465 g/mol. The van der Waals surface area contributed by atoms with E-state index in [0.29, 0.717) is 39.5 Å². The minimum absolute atomic E-state index is 0. The lowest BCUT2D eigenvalue weighted by atomic mass is 10.3. The van der Waals surface area contributed by atoms with Crippen LogP contribution >= 0.6 is 24.0 Å². The fourth-order valence-electron chi connectivity index (χ4n) is 2.03. The van der Waals surface area contributed by atoms with Gasteiger partial charge in [0.2, 0.25) is 0 Å². The molecule has 0 amide bonds. The first-order valence-electron chi connectivity index (χ1n) is 8.74. The number of ether oxygens (including phenoxy) is 2. The van der Waals surface area contributed by atoms with Gasteiger partial charge in [0.25, 0.3) is 5.69 Å². The van der Waals surface area contributed by atoms with E-state index in [1.165, 1.54) is 12.1 Å². The average molecular weight is 495 g/mol. The van der Waals surface area contributed by atoms with Gasteiger partial charge in [-0.2, -0.15) is 0 Å². The van der Waals surface area contributed by atoms with Crippen molar-refractivity contribution in [1.82, 2.24) is 10.6 Å². The summed E-state index contributed by atoms with van der Waals surface area (Å²) in [6, 6.07) is 6.36. The quantitative estimate of drug-likeness (QED) is 0.0962. The lowest BCUT2D eigenvalue weighted by Gasteiger charge is -2.12. The van der Waals surface area contributed by atoms with Crippen LogP contribution in [0.25, 0.3) is 0 Å². The number of hydrogen-bond acceptors (Lipinski definition) is 6. The van der Waals surface area contributed by atoms with E-state index in [1.54, 1.807) is 19.2 Å². The Morgan fingerprint density at radius 1 is 1.15 bits per heavy atom. The number of methoxy groups -OCH3 is 1. The van der Waals surface area contributed by atoms with Crippen molar-refractivity contribution in [3.63, 3.8) is 0 Å². The molecule has 1 rings (SSSR count). The molecule has 27 heavy (non-hydrogen) atoms. The van der Waals surface area contributed by atoms with Crippen molar-refractivity contribution in [1.29, 1.82) is 0 Å². The van der Waals surface area contributed by atoms with Gasteiger partial charge in [-0.25, -0.2) is 0 Å². The molecule has 0 aromatic heterocycles. The minimum Gasteiger partial charge on any atom is -0.383 e. The predicted octanol–water partition coefficient (Wildman–Crippen LogP) is 2.23. The molecule has 1 aromatic rings. The maximum Gasteiger partial charge on any atom is 0.269 e. The zero-order valence-electron chi connectivity index (χ0n) is 15.9. The lowest BCUT2D eigenvalue weighted by molar-refractivity contribution is -0.384. The summed E-state index contributed by atoms with van der Waals surface area (Å²) in [7, 11) is 1.65. The van der Waals surface area contributed by atoms with Crippen LogP contribution in [0.5, 0.6) is 0 Å². The van der Waals surface area contributed by atoms with Gasteiger partial charge in [0, 0.05) is 57.7 Å². The average Bonchev–Trinajstić information content (AvgIpc) is 2.64. The van der Waals surface area contributed by atoms with E-state index in [1.807, 2.05) is 6.92 Å². The van der Waals surface area contributed by atoms with Crippen molar-refractivity contribution >= 4 is 41.3 Å². The summed E-state index contributed by atoms with van der Waals surface area (Å²) >= 11 is 0. The van der Waals surface area contributed by atoms with E-state index < -0.39 is 4.92 Å². The molecular formula is C17H30IN5O4. The second-order valence-corrected chi connectivity index (χ2v) is 5.38. The third-order valence-corrected chi connectivity index (χ3v) is 3.32. The van der Waals surface area contributed by atoms with E-state index in [4.69, 9.17) is 9.47 Å². The molecule has 0 fully saturated rings. The molecule has 0 aliphatic heterocycles. The number of guanidine groups is 1. The first-order chi connectivity index (χ1) is 12.7. The number of benzene rings is 1. The number of aliphatic imine (C=N–C) groups is 1. The molecule has 9 nitrogen and oxygen atoms in total. The van der Waals surface area contributed by atoms with Crippen LogP contribution in [-0.4, -0.2) is 64.0 Å². The van der Waals surface area contributed by atoms with E-state index in [9.17, 15) is 10.1 Å². The van der Waals surface area contributed by atoms with Crippen molar-refractivity contribution in [2.75, 3.05) is 58.4 Å². The summed E-state index contributed by atoms with van der Waals surface area (Å²) in [4.78, 5) is 14.7. The SMILES string of the molecule is CCNC(=NCCCOCCOC)NCCNc1ccc([N+](=O)[O-])cc1.I. The molecule has 154 valence electrons. The van der Waals surface area contributed by atoms with Crippen LogP contribution in [0, 0.1) is 10.1 Å². The minimum atomic E-state index is -0.410. The summed E-state index contributed by atoms with van der Waals surface area (Å²) in [5.74, 6) is 0.759. The van der Waals surface area contributed by atoms with E-state index >= 15 is 0 Å². The van der Waals surface area contributed by atoms with Crippen molar-refractivity contribution < 1.29 is 14.4 Å². The van der Waals surface area contributed by atoms with Crippen molar-refractivity contribution in [3.05, 3.63) is 34.4 Å². The monoisotopic (exact) mass is 495 g/mol. The van der Waals surface area contributed by atoms with Crippen LogP contribution in [0.3, 0.4) is 0 Å². The Morgan fingerprint density at radius 2 is 1.89 bits per heavy atom.